The Morgan fingerprint density at radius 1 is 0.909 bits per heavy atom. The lowest BCUT2D eigenvalue weighted by Crippen LogP contribution is -2.22. The predicted octanol–water partition coefficient (Wildman–Crippen LogP) is 5.17. The lowest BCUT2D eigenvalue weighted by atomic mass is 10.0. The van der Waals surface area contributed by atoms with Gasteiger partial charge in [0.2, 0.25) is 0 Å². The molecule has 3 aromatic carbocycles. The first kappa shape index (κ1) is 22.7. The Labute approximate surface area is 200 Å². The van der Waals surface area contributed by atoms with Crippen LogP contribution in [0.25, 0.3) is 22.2 Å². The molecule has 1 heterocycles. The van der Waals surface area contributed by atoms with E-state index in [-0.39, 0.29) is 12.2 Å². The van der Waals surface area contributed by atoms with E-state index in [1.54, 1.807) is 54.6 Å². The van der Waals surface area contributed by atoms with Crippen molar-refractivity contribution < 1.29 is 24.1 Å². The van der Waals surface area contributed by atoms with E-state index in [4.69, 9.17) is 37.4 Å². The average molecular weight is 483 g/mol. The van der Waals surface area contributed by atoms with Crippen molar-refractivity contribution in [1.82, 2.24) is 4.98 Å². The maximum absolute atomic E-state index is 11.8. The van der Waals surface area contributed by atoms with Gasteiger partial charge in [0.15, 0.2) is 11.5 Å². The number of pyridine rings is 1. The number of methoxy groups -OCH3 is 2. The number of carboxylic acid groups (broad SMARTS) is 1. The summed E-state index contributed by atoms with van der Waals surface area (Å²) < 4.78 is 16.8. The second-order valence-electron chi connectivity index (χ2n) is 7.05. The second kappa shape index (κ2) is 9.57. The van der Waals surface area contributed by atoms with E-state index < -0.39 is 5.97 Å². The van der Waals surface area contributed by atoms with Gasteiger partial charge in [-0.1, -0.05) is 41.4 Å². The molecule has 1 aromatic heterocycles. The van der Waals surface area contributed by atoms with Gasteiger partial charge in [-0.2, -0.15) is 0 Å². The maximum atomic E-state index is 11.8. The number of benzene rings is 3. The third-order valence-corrected chi connectivity index (χ3v) is 5.84. The standard InChI is InChI=1S/C25H19Cl2NO5/c1-31-22-8-3-5-15-16(25(29)30)12-20(28-24(15)22)14-9-10-21(23(11-14)32-2)33-13-17-18(26)6-4-7-19(17)27/h3-12H,13H2,1-2H3,(H,29,30)/p-1. The number of aromatic nitrogens is 1. The van der Waals surface area contributed by atoms with Gasteiger partial charge in [-0.15, -0.1) is 0 Å². The van der Waals surface area contributed by atoms with Gasteiger partial charge in [0.25, 0.3) is 0 Å². The van der Waals surface area contributed by atoms with Crippen molar-refractivity contribution >= 4 is 40.1 Å². The van der Waals surface area contributed by atoms with Crippen molar-refractivity contribution in [2.75, 3.05) is 14.2 Å². The highest BCUT2D eigenvalue weighted by molar-refractivity contribution is 6.35. The molecular formula is C25H18Cl2NO5-. The summed E-state index contributed by atoms with van der Waals surface area (Å²) >= 11 is 12.4. The Morgan fingerprint density at radius 2 is 1.61 bits per heavy atom. The molecule has 0 radical (unpaired) electrons. The summed E-state index contributed by atoms with van der Waals surface area (Å²) in [6, 6.07) is 17.0. The van der Waals surface area contributed by atoms with Crippen LogP contribution in [-0.2, 0) is 6.61 Å². The molecule has 168 valence electrons. The van der Waals surface area contributed by atoms with E-state index in [1.807, 2.05) is 0 Å². The van der Waals surface area contributed by atoms with Crippen LogP contribution in [0.1, 0.15) is 15.9 Å². The molecule has 0 unspecified atom stereocenters. The van der Waals surface area contributed by atoms with Gasteiger partial charge in [0, 0.05) is 32.1 Å². The molecule has 8 heteroatoms. The zero-order valence-corrected chi connectivity index (χ0v) is 19.2. The number of fused-ring (bicyclic) bond motifs is 1. The number of carbonyl (C=O) groups excluding carboxylic acids is 1. The molecule has 6 nitrogen and oxygen atoms in total. The summed E-state index contributed by atoms with van der Waals surface area (Å²) in [4.78, 5) is 16.4. The summed E-state index contributed by atoms with van der Waals surface area (Å²) in [7, 11) is 3.01. The van der Waals surface area contributed by atoms with E-state index in [0.717, 1.165) is 0 Å². The van der Waals surface area contributed by atoms with Crippen molar-refractivity contribution in [2.24, 2.45) is 0 Å². The SMILES string of the molecule is COc1cc(-c2cc(C(=O)[O-])c3cccc(OC)c3n2)ccc1OCc1c(Cl)cccc1Cl. The van der Waals surface area contributed by atoms with E-state index in [9.17, 15) is 9.90 Å². The van der Waals surface area contributed by atoms with Crippen molar-refractivity contribution in [3.8, 4) is 28.5 Å². The number of carboxylic acids is 1. The molecule has 4 aromatic rings. The van der Waals surface area contributed by atoms with E-state index >= 15 is 0 Å². The minimum Gasteiger partial charge on any atom is -0.545 e. The molecule has 0 amide bonds. The lowest BCUT2D eigenvalue weighted by Gasteiger charge is -2.15. The van der Waals surface area contributed by atoms with Crippen molar-refractivity contribution in [2.45, 2.75) is 6.61 Å². The number of hydrogen-bond acceptors (Lipinski definition) is 6. The minimum atomic E-state index is -1.31. The van der Waals surface area contributed by atoms with Crippen LogP contribution in [0.15, 0.2) is 60.7 Å². The number of halogens is 2. The molecule has 0 saturated carbocycles. The number of para-hydroxylation sites is 1. The van der Waals surface area contributed by atoms with Crippen LogP contribution in [0.2, 0.25) is 10.0 Å². The number of rotatable bonds is 7. The average Bonchev–Trinajstić information content (AvgIpc) is 2.82. The van der Waals surface area contributed by atoms with Gasteiger partial charge >= 0.3 is 0 Å². The van der Waals surface area contributed by atoms with Crippen LogP contribution >= 0.6 is 23.2 Å². The highest BCUT2D eigenvalue weighted by Gasteiger charge is 2.15. The van der Waals surface area contributed by atoms with Crippen molar-refractivity contribution in [1.29, 1.82) is 0 Å². The highest BCUT2D eigenvalue weighted by Crippen LogP contribution is 2.36. The van der Waals surface area contributed by atoms with Gasteiger partial charge in [-0.3, -0.25) is 0 Å². The van der Waals surface area contributed by atoms with E-state index in [0.29, 0.717) is 55.0 Å². The smallest absolute Gasteiger partial charge is 0.161 e. The topological polar surface area (TPSA) is 80.7 Å². The summed E-state index contributed by atoms with van der Waals surface area (Å²) in [5, 5.41) is 13.2. The molecule has 4 rings (SSSR count). The zero-order valence-electron chi connectivity index (χ0n) is 17.7. The van der Waals surface area contributed by atoms with Gasteiger partial charge in [-0.25, -0.2) is 4.98 Å². The molecule has 0 fully saturated rings. The van der Waals surface area contributed by atoms with E-state index in [2.05, 4.69) is 4.98 Å². The Bertz CT molecular complexity index is 1340. The van der Waals surface area contributed by atoms with Crippen LogP contribution in [0.4, 0.5) is 0 Å². The first-order chi connectivity index (χ1) is 15.9. The van der Waals surface area contributed by atoms with Crippen LogP contribution in [0.5, 0.6) is 17.2 Å². The van der Waals surface area contributed by atoms with Crippen molar-refractivity contribution in [3.05, 3.63) is 81.8 Å². The Balaban J connectivity index is 1.74. The summed E-state index contributed by atoms with van der Waals surface area (Å²) in [5.41, 5.74) is 2.15. The molecule has 0 N–H and O–H groups in total. The fourth-order valence-corrected chi connectivity index (χ4v) is 3.98. The molecule has 0 atom stereocenters. The molecule has 0 aliphatic rings. The number of carbonyl (C=O) groups is 1. The first-order valence-corrected chi connectivity index (χ1v) is 10.6. The quantitative estimate of drug-likeness (QED) is 0.361. The molecule has 0 spiro atoms. The number of ether oxygens (including phenoxy) is 3. The molecule has 0 bridgehead atoms. The van der Waals surface area contributed by atoms with Crippen LogP contribution < -0.4 is 19.3 Å². The Kier molecular flexibility index (Phi) is 6.58. The van der Waals surface area contributed by atoms with Gasteiger partial charge in [-0.05, 0) is 42.5 Å². The summed E-state index contributed by atoms with van der Waals surface area (Å²) in [5.74, 6) is 0.0594. The molecular weight excluding hydrogens is 465 g/mol. The normalized spacial score (nSPS) is 10.8. The Hall–Kier alpha value is -3.48. The summed E-state index contributed by atoms with van der Waals surface area (Å²) in [6.07, 6.45) is 0. The Morgan fingerprint density at radius 3 is 2.27 bits per heavy atom. The fraction of sp³-hybridized carbons (Fsp3) is 0.120. The molecule has 33 heavy (non-hydrogen) atoms. The van der Waals surface area contributed by atoms with Gasteiger partial charge in [0.1, 0.15) is 17.9 Å². The molecule has 0 aliphatic heterocycles. The van der Waals surface area contributed by atoms with Crippen LogP contribution in [0, 0.1) is 0 Å². The van der Waals surface area contributed by atoms with Crippen LogP contribution in [0.3, 0.4) is 0 Å². The monoisotopic (exact) mass is 482 g/mol. The molecule has 0 aliphatic carbocycles. The highest BCUT2D eigenvalue weighted by atomic mass is 35.5. The second-order valence-corrected chi connectivity index (χ2v) is 7.87. The van der Waals surface area contributed by atoms with Gasteiger partial charge < -0.3 is 24.1 Å². The number of hydrogen-bond donors (Lipinski definition) is 0. The predicted molar refractivity (Wildman–Crippen MR) is 125 cm³/mol. The largest absolute Gasteiger partial charge is 0.545 e. The van der Waals surface area contributed by atoms with Gasteiger partial charge in [0.05, 0.1) is 25.9 Å². The first-order valence-electron chi connectivity index (χ1n) is 9.86. The minimum absolute atomic E-state index is 0.0153. The van der Waals surface area contributed by atoms with Crippen LogP contribution in [-0.4, -0.2) is 25.2 Å². The lowest BCUT2D eigenvalue weighted by molar-refractivity contribution is -0.254. The summed E-state index contributed by atoms with van der Waals surface area (Å²) in [6.45, 7) is 0.147. The number of nitrogens with zero attached hydrogens (tertiary/aromatic N) is 1. The van der Waals surface area contributed by atoms with Crippen molar-refractivity contribution in [3.63, 3.8) is 0 Å². The number of aromatic carboxylic acids is 1. The fourth-order valence-electron chi connectivity index (χ4n) is 3.47. The van der Waals surface area contributed by atoms with E-state index in [1.165, 1.54) is 20.3 Å². The zero-order chi connectivity index (χ0) is 23.5. The molecule has 0 saturated heterocycles. The third-order valence-electron chi connectivity index (χ3n) is 5.14. The maximum Gasteiger partial charge on any atom is 0.161 e. The third kappa shape index (κ3) is 4.53.